The molecule has 0 spiro atoms. The third-order valence-electron chi connectivity index (χ3n) is 2.20. The molecule has 1 aliphatic heterocycles. The Morgan fingerprint density at radius 3 is 2.83 bits per heavy atom. The molecule has 3 heteroatoms. The molecule has 0 bridgehead atoms. The van der Waals surface area contributed by atoms with Crippen molar-refractivity contribution in [3.05, 3.63) is 21.9 Å². The van der Waals surface area contributed by atoms with Crippen molar-refractivity contribution in [1.29, 1.82) is 0 Å². The van der Waals surface area contributed by atoms with Crippen molar-refractivity contribution in [2.75, 3.05) is 13.1 Å². The van der Waals surface area contributed by atoms with E-state index in [9.17, 15) is 5.11 Å². The van der Waals surface area contributed by atoms with E-state index >= 15 is 0 Å². The maximum Gasteiger partial charge on any atom is 0.0943 e. The summed E-state index contributed by atoms with van der Waals surface area (Å²) >= 11 is 1.74. The van der Waals surface area contributed by atoms with Crippen molar-refractivity contribution in [2.24, 2.45) is 0 Å². The van der Waals surface area contributed by atoms with Gasteiger partial charge in [-0.15, -0.1) is 11.3 Å². The number of aryl methyl sites for hydroxylation is 1. The predicted molar refractivity (Wildman–Crippen MR) is 50.6 cm³/mol. The number of hydrogen-bond acceptors (Lipinski definition) is 3. The molecule has 66 valence electrons. The summed E-state index contributed by atoms with van der Waals surface area (Å²) < 4.78 is 0. The zero-order valence-electron chi connectivity index (χ0n) is 7.13. The van der Waals surface area contributed by atoms with Gasteiger partial charge in [-0.25, -0.2) is 0 Å². The Balaban J connectivity index is 2.03. The summed E-state index contributed by atoms with van der Waals surface area (Å²) in [5.41, 5.74) is 0.836. The van der Waals surface area contributed by atoms with Crippen LogP contribution in [0.15, 0.2) is 11.4 Å². The molecule has 12 heavy (non-hydrogen) atoms. The van der Waals surface area contributed by atoms with Crippen LogP contribution in [0.25, 0.3) is 0 Å². The van der Waals surface area contributed by atoms with Crippen LogP contribution < -0.4 is 5.32 Å². The molecule has 2 rings (SSSR count). The maximum atomic E-state index is 9.82. The highest BCUT2D eigenvalue weighted by Crippen LogP contribution is 2.22. The normalized spacial score (nSPS) is 20.5. The molecule has 0 atom stereocenters. The number of rotatable bonds is 2. The van der Waals surface area contributed by atoms with Gasteiger partial charge in [0.15, 0.2) is 0 Å². The average Bonchev–Trinajstić information content (AvgIpc) is 2.32. The van der Waals surface area contributed by atoms with Gasteiger partial charge in [0.05, 0.1) is 5.60 Å². The lowest BCUT2D eigenvalue weighted by Gasteiger charge is -2.37. The molecule has 0 amide bonds. The topological polar surface area (TPSA) is 32.3 Å². The van der Waals surface area contributed by atoms with Crippen LogP contribution in [-0.4, -0.2) is 23.8 Å². The predicted octanol–water partition coefficient (Wildman–Crippen LogP) is 0.933. The highest BCUT2D eigenvalue weighted by molar-refractivity contribution is 7.10. The van der Waals surface area contributed by atoms with Gasteiger partial charge in [0.1, 0.15) is 0 Å². The second-order valence-electron chi connectivity index (χ2n) is 3.60. The van der Waals surface area contributed by atoms with Gasteiger partial charge in [0.2, 0.25) is 0 Å². The molecule has 0 unspecified atom stereocenters. The van der Waals surface area contributed by atoms with Crippen molar-refractivity contribution < 1.29 is 5.11 Å². The van der Waals surface area contributed by atoms with E-state index in [4.69, 9.17) is 0 Å². The fourth-order valence-electron chi connectivity index (χ4n) is 1.45. The molecule has 1 fully saturated rings. The Morgan fingerprint density at radius 1 is 1.67 bits per heavy atom. The number of aliphatic hydroxyl groups is 1. The summed E-state index contributed by atoms with van der Waals surface area (Å²) in [6.07, 6.45) is 0.804. The van der Waals surface area contributed by atoms with E-state index in [0.29, 0.717) is 0 Å². The van der Waals surface area contributed by atoms with Gasteiger partial charge in [-0.3, -0.25) is 0 Å². The number of hydrogen-bond donors (Lipinski definition) is 2. The summed E-state index contributed by atoms with van der Waals surface area (Å²) in [5.74, 6) is 0. The average molecular weight is 183 g/mol. The van der Waals surface area contributed by atoms with E-state index < -0.39 is 5.60 Å². The van der Waals surface area contributed by atoms with E-state index in [0.717, 1.165) is 19.5 Å². The van der Waals surface area contributed by atoms with E-state index in [1.807, 2.05) is 0 Å². The van der Waals surface area contributed by atoms with E-state index in [2.05, 4.69) is 23.7 Å². The van der Waals surface area contributed by atoms with Gasteiger partial charge in [0, 0.05) is 24.4 Å². The van der Waals surface area contributed by atoms with Crippen LogP contribution in [0.5, 0.6) is 0 Å². The lowest BCUT2D eigenvalue weighted by atomic mass is 9.92. The van der Waals surface area contributed by atoms with Crippen molar-refractivity contribution in [2.45, 2.75) is 18.9 Å². The first-order valence-corrected chi connectivity index (χ1v) is 5.03. The Bertz CT molecular complexity index is 278. The van der Waals surface area contributed by atoms with Crippen molar-refractivity contribution in [3.63, 3.8) is 0 Å². The second kappa shape index (κ2) is 2.83. The third kappa shape index (κ3) is 1.53. The minimum absolute atomic E-state index is 0.461. The summed E-state index contributed by atoms with van der Waals surface area (Å²) in [4.78, 5) is 1.29. The molecule has 1 saturated heterocycles. The number of β-amino-alcohol motifs (C(OH)–C–C–N with tert-alkyl or cyclic N) is 1. The van der Waals surface area contributed by atoms with E-state index in [1.54, 1.807) is 11.3 Å². The molecule has 1 aromatic rings. The Labute approximate surface area is 76.2 Å². The highest BCUT2D eigenvalue weighted by Gasteiger charge is 2.34. The number of thiophene rings is 1. The molecule has 2 N–H and O–H groups in total. The fourth-order valence-corrected chi connectivity index (χ4v) is 2.46. The first-order valence-electron chi connectivity index (χ1n) is 4.15. The molecule has 0 aliphatic carbocycles. The van der Waals surface area contributed by atoms with Gasteiger partial charge >= 0.3 is 0 Å². The van der Waals surface area contributed by atoms with E-state index in [1.165, 1.54) is 10.4 Å². The van der Waals surface area contributed by atoms with Gasteiger partial charge in [-0.2, -0.15) is 0 Å². The van der Waals surface area contributed by atoms with Crippen LogP contribution in [0.1, 0.15) is 10.4 Å². The first-order chi connectivity index (χ1) is 5.68. The quantitative estimate of drug-likeness (QED) is 0.715. The first kappa shape index (κ1) is 8.23. The second-order valence-corrected chi connectivity index (χ2v) is 4.59. The Hall–Kier alpha value is -0.380. The van der Waals surface area contributed by atoms with Gasteiger partial charge in [-0.1, -0.05) is 0 Å². The zero-order valence-corrected chi connectivity index (χ0v) is 7.95. The zero-order chi connectivity index (χ0) is 8.60. The molecule has 0 saturated carbocycles. The maximum absolute atomic E-state index is 9.82. The summed E-state index contributed by atoms with van der Waals surface area (Å²) in [5, 5.41) is 15.0. The molecule has 1 aromatic heterocycles. The van der Waals surface area contributed by atoms with Crippen molar-refractivity contribution in [3.8, 4) is 0 Å². The monoisotopic (exact) mass is 183 g/mol. The Kier molecular flexibility index (Phi) is 1.94. The molecule has 2 heterocycles. The smallest absolute Gasteiger partial charge is 0.0943 e. The minimum atomic E-state index is -0.461. The van der Waals surface area contributed by atoms with Crippen LogP contribution in [0.2, 0.25) is 0 Å². The molecule has 2 nitrogen and oxygen atoms in total. The number of nitrogens with one attached hydrogen (secondary N) is 1. The van der Waals surface area contributed by atoms with Crippen LogP contribution >= 0.6 is 11.3 Å². The SMILES string of the molecule is Cc1csc(CC2(O)CNC2)c1. The Morgan fingerprint density at radius 2 is 2.42 bits per heavy atom. The van der Waals surface area contributed by atoms with Crippen LogP contribution in [0, 0.1) is 6.92 Å². The summed E-state index contributed by atoms with van der Waals surface area (Å²) in [6, 6.07) is 2.15. The molecule has 1 aliphatic rings. The van der Waals surface area contributed by atoms with Crippen LogP contribution in [0.3, 0.4) is 0 Å². The van der Waals surface area contributed by atoms with E-state index in [-0.39, 0.29) is 0 Å². The van der Waals surface area contributed by atoms with Crippen LogP contribution in [-0.2, 0) is 6.42 Å². The molecular weight excluding hydrogens is 170 g/mol. The highest BCUT2D eigenvalue weighted by atomic mass is 32.1. The largest absolute Gasteiger partial charge is 0.387 e. The van der Waals surface area contributed by atoms with Crippen LogP contribution in [0.4, 0.5) is 0 Å². The minimum Gasteiger partial charge on any atom is -0.387 e. The molecule has 0 radical (unpaired) electrons. The fraction of sp³-hybridized carbons (Fsp3) is 0.556. The van der Waals surface area contributed by atoms with Gasteiger partial charge in [-0.05, 0) is 23.9 Å². The summed E-state index contributed by atoms with van der Waals surface area (Å²) in [6.45, 7) is 3.57. The van der Waals surface area contributed by atoms with Crippen molar-refractivity contribution >= 4 is 11.3 Å². The molecule has 0 aromatic carbocycles. The standard InChI is InChI=1S/C9H13NOS/c1-7-2-8(12-4-7)3-9(11)5-10-6-9/h2,4,10-11H,3,5-6H2,1H3. The lowest BCUT2D eigenvalue weighted by molar-refractivity contribution is -0.00834. The molecular formula is C9H13NOS. The lowest BCUT2D eigenvalue weighted by Crippen LogP contribution is -2.60. The third-order valence-corrected chi connectivity index (χ3v) is 3.25. The van der Waals surface area contributed by atoms with Gasteiger partial charge in [0.25, 0.3) is 0 Å². The summed E-state index contributed by atoms with van der Waals surface area (Å²) in [7, 11) is 0. The van der Waals surface area contributed by atoms with Crippen molar-refractivity contribution in [1.82, 2.24) is 5.32 Å². The van der Waals surface area contributed by atoms with Gasteiger partial charge < -0.3 is 10.4 Å².